The van der Waals surface area contributed by atoms with E-state index in [4.69, 9.17) is 17.0 Å². The second-order valence-corrected chi connectivity index (χ2v) is 7.75. The number of fused-ring (bicyclic) bond motifs is 1. The van der Waals surface area contributed by atoms with E-state index in [1.54, 1.807) is 6.07 Å². The van der Waals surface area contributed by atoms with E-state index in [0.29, 0.717) is 6.42 Å². The number of hydrogen-bond acceptors (Lipinski definition) is 2. The molecular formula is C20H21F3N2OS. The molecule has 0 spiro atoms. The topological polar surface area (TPSA) is 33.3 Å². The van der Waals surface area contributed by atoms with Crippen molar-refractivity contribution in [2.24, 2.45) is 0 Å². The van der Waals surface area contributed by atoms with Crippen molar-refractivity contribution in [3.63, 3.8) is 0 Å². The lowest BCUT2D eigenvalue weighted by Gasteiger charge is -2.38. The Hall–Kier alpha value is -2.28. The van der Waals surface area contributed by atoms with E-state index in [9.17, 15) is 13.2 Å². The Kier molecular flexibility index (Phi) is 5.08. The summed E-state index contributed by atoms with van der Waals surface area (Å²) in [5.41, 5.74) is 1.27. The van der Waals surface area contributed by atoms with Gasteiger partial charge in [0, 0.05) is 17.7 Å². The second-order valence-electron chi connectivity index (χ2n) is 7.34. The van der Waals surface area contributed by atoms with Crippen LogP contribution >= 0.6 is 12.2 Å². The number of nitrogens with one attached hydrogen (secondary N) is 2. The number of alkyl halides is 3. The van der Waals surface area contributed by atoms with Crippen LogP contribution in [-0.4, -0.2) is 10.7 Å². The van der Waals surface area contributed by atoms with Gasteiger partial charge in [-0.1, -0.05) is 23.8 Å². The highest BCUT2D eigenvalue weighted by molar-refractivity contribution is 7.80. The molecule has 7 heteroatoms. The molecule has 0 aromatic heterocycles. The molecule has 1 aliphatic rings. The number of benzene rings is 2. The number of halogens is 3. The molecule has 1 heterocycles. The molecule has 3 nitrogen and oxygen atoms in total. The zero-order valence-corrected chi connectivity index (χ0v) is 16.1. The van der Waals surface area contributed by atoms with Crippen LogP contribution in [0.15, 0.2) is 42.5 Å². The fourth-order valence-electron chi connectivity index (χ4n) is 3.20. The van der Waals surface area contributed by atoms with Gasteiger partial charge in [0.2, 0.25) is 0 Å². The third-order valence-electron chi connectivity index (χ3n) is 4.38. The van der Waals surface area contributed by atoms with E-state index in [1.165, 1.54) is 6.07 Å². The van der Waals surface area contributed by atoms with Crippen LogP contribution in [0.4, 0.5) is 18.9 Å². The van der Waals surface area contributed by atoms with Crippen LogP contribution < -0.4 is 15.4 Å². The lowest BCUT2D eigenvalue weighted by Crippen LogP contribution is -2.42. The molecule has 0 radical (unpaired) electrons. The van der Waals surface area contributed by atoms with Gasteiger partial charge in [-0.3, -0.25) is 0 Å². The van der Waals surface area contributed by atoms with Crippen LogP contribution in [0.25, 0.3) is 0 Å². The summed E-state index contributed by atoms with van der Waals surface area (Å²) in [6.45, 7) is 5.98. The lowest BCUT2D eigenvalue weighted by molar-refractivity contribution is -0.137. The highest BCUT2D eigenvalue weighted by Crippen LogP contribution is 2.40. The van der Waals surface area contributed by atoms with Crippen molar-refractivity contribution in [2.75, 3.05) is 5.32 Å². The summed E-state index contributed by atoms with van der Waals surface area (Å²) in [6.07, 6.45) is -3.72. The summed E-state index contributed by atoms with van der Waals surface area (Å²) in [5.74, 6) is 0.788. The van der Waals surface area contributed by atoms with Gasteiger partial charge >= 0.3 is 6.18 Å². The maximum Gasteiger partial charge on any atom is 0.416 e. The first-order valence-electron chi connectivity index (χ1n) is 8.58. The smallest absolute Gasteiger partial charge is 0.416 e. The van der Waals surface area contributed by atoms with Crippen molar-refractivity contribution in [1.82, 2.24) is 5.32 Å². The average molecular weight is 394 g/mol. The van der Waals surface area contributed by atoms with E-state index in [1.807, 2.05) is 39.0 Å². The third-order valence-corrected chi connectivity index (χ3v) is 4.60. The van der Waals surface area contributed by atoms with Gasteiger partial charge in [-0.25, -0.2) is 0 Å². The van der Waals surface area contributed by atoms with E-state index in [2.05, 4.69) is 10.6 Å². The largest absolute Gasteiger partial charge is 0.487 e. The minimum atomic E-state index is -4.39. The molecule has 2 aromatic rings. The first-order valence-corrected chi connectivity index (χ1v) is 8.99. The molecule has 27 heavy (non-hydrogen) atoms. The van der Waals surface area contributed by atoms with E-state index in [0.717, 1.165) is 29.0 Å². The summed E-state index contributed by atoms with van der Waals surface area (Å²) < 4.78 is 44.7. The Balaban J connectivity index is 1.77. The van der Waals surface area contributed by atoms with Gasteiger partial charge in [0.05, 0.1) is 11.6 Å². The van der Waals surface area contributed by atoms with E-state index >= 15 is 0 Å². The molecular weight excluding hydrogens is 373 g/mol. The van der Waals surface area contributed by atoms with Crippen LogP contribution in [0.3, 0.4) is 0 Å². The van der Waals surface area contributed by atoms with Crippen molar-refractivity contribution in [1.29, 1.82) is 0 Å². The molecule has 0 saturated heterocycles. The minimum absolute atomic E-state index is 0.102. The van der Waals surface area contributed by atoms with Gasteiger partial charge in [-0.05, 0) is 57.3 Å². The molecule has 0 amide bonds. The van der Waals surface area contributed by atoms with Crippen LogP contribution in [0.1, 0.15) is 43.0 Å². The average Bonchev–Trinajstić information content (AvgIpc) is 2.54. The number of aryl methyl sites for hydroxylation is 1. The van der Waals surface area contributed by atoms with Crippen LogP contribution in [0.5, 0.6) is 5.75 Å². The number of hydrogen-bond donors (Lipinski definition) is 2. The second kappa shape index (κ2) is 7.03. The SMILES string of the molecule is Cc1ccc2c(c1)[C@H](NC(=S)Nc1cccc(C(F)(F)F)c1)CC(C)(C)O2. The summed E-state index contributed by atoms with van der Waals surface area (Å²) in [5, 5.41) is 6.35. The van der Waals surface area contributed by atoms with Gasteiger partial charge in [0.25, 0.3) is 0 Å². The van der Waals surface area contributed by atoms with Crippen molar-refractivity contribution >= 4 is 23.0 Å². The van der Waals surface area contributed by atoms with Gasteiger partial charge in [-0.15, -0.1) is 0 Å². The first-order chi connectivity index (χ1) is 12.5. The fraction of sp³-hybridized carbons (Fsp3) is 0.350. The van der Waals surface area contributed by atoms with Gasteiger partial charge in [0.1, 0.15) is 11.4 Å². The number of thiocarbonyl (C=S) groups is 1. The monoisotopic (exact) mass is 394 g/mol. The molecule has 0 aliphatic carbocycles. The number of anilines is 1. The highest BCUT2D eigenvalue weighted by atomic mass is 32.1. The predicted octanol–water partition coefficient (Wildman–Crippen LogP) is 5.60. The Labute approximate surface area is 161 Å². The molecule has 0 bridgehead atoms. The fourth-order valence-corrected chi connectivity index (χ4v) is 3.46. The van der Waals surface area contributed by atoms with Crippen LogP contribution in [-0.2, 0) is 6.18 Å². The molecule has 0 fully saturated rings. The van der Waals surface area contributed by atoms with Crippen molar-refractivity contribution < 1.29 is 17.9 Å². The molecule has 1 aliphatic heterocycles. The third kappa shape index (κ3) is 4.71. The molecule has 144 valence electrons. The molecule has 0 unspecified atom stereocenters. The highest BCUT2D eigenvalue weighted by Gasteiger charge is 2.34. The van der Waals surface area contributed by atoms with Gasteiger partial charge in [0.15, 0.2) is 5.11 Å². The Morgan fingerprint density at radius 1 is 1.19 bits per heavy atom. The van der Waals surface area contributed by atoms with Gasteiger partial charge < -0.3 is 15.4 Å². The molecule has 3 rings (SSSR count). The molecule has 2 N–H and O–H groups in total. The number of rotatable bonds is 2. The zero-order valence-electron chi connectivity index (χ0n) is 15.3. The molecule has 1 atom stereocenters. The molecule has 2 aromatic carbocycles. The normalized spacial score (nSPS) is 18.2. The van der Waals surface area contributed by atoms with Crippen LogP contribution in [0, 0.1) is 6.92 Å². The Morgan fingerprint density at radius 2 is 1.93 bits per heavy atom. The Morgan fingerprint density at radius 3 is 2.63 bits per heavy atom. The Bertz CT molecular complexity index is 865. The number of ether oxygens (including phenoxy) is 1. The van der Waals surface area contributed by atoms with Crippen molar-refractivity contribution in [2.45, 2.75) is 45.0 Å². The standard InChI is InChI=1S/C20H21F3N2OS/c1-12-7-8-17-15(9-12)16(11-19(2,3)26-17)25-18(27)24-14-6-4-5-13(10-14)20(21,22)23/h4-10,16H,11H2,1-3H3,(H2,24,25,27)/t16-/m1/s1. The van der Waals surface area contributed by atoms with E-state index in [-0.39, 0.29) is 22.4 Å². The van der Waals surface area contributed by atoms with Crippen molar-refractivity contribution in [3.8, 4) is 5.75 Å². The minimum Gasteiger partial charge on any atom is -0.487 e. The first kappa shape index (κ1) is 19.5. The predicted molar refractivity (Wildman–Crippen MR) is 104 cm³/mol. The summed E-state index contributed by atoms with van der Waals surface area (Å²) in [7, 11) is 0. The van der Waals surface area contributed by atoms with E-state index < -0.39 is 11.7 Å². The zero-order chi connectivity index (χ0) is 19.8. The van der Waals surface area contributed by atoms with Crippen molar-refractivity contribution in [3.05, 3.63) is 59.2 Å². The maximum atomic E-state index is 12.9. The summed E-state index contributed by atoms with van der Waals surface area (Å²) >= 11 is 5.35. The summed E-state index contributed by atoms with van der Waals surface area (Å²) in [6, 6.07) is 10.8. The maximum absolute atomic E-state index is 12.9. The quantitative estimate of drug-likeness (QED) is 0.650. The molecule has 0 saturated carbocycles. The van der Waals surface area contributed by atoms with Gasteiger partial charge in [-0.2, -0.15) is 13.2 Å². The lowest BCUT2D eigenvalue weighted by atomic mass is 9.89. The summed E-state index contributed by atoms with van der Waals surface area (Å²) in [4.78, 5) is 0. The van der Waals surface area contributed by atoms with Crippen LogP contribution in [0.2, 0.25) is 0 Å².